The van der Waals surface area contributed by atoms with E-state index < -0.39 is 6.10 Å². The van der Waals surface area contributed by atoms with Crippen molar-refractivity contribution in [3.8, 4) is 5.69 Å². The van der Waals surface area contributed by atoms with Crippen LogP contribution in [0.15, 0.2) is 42.6 Å². The first-order valence-electron chi connectivity index (χ1n) is 6.39. The molecule has 1 unspecified atom stereocenters. The highest BCUT2D eigenvalue weighted by atomic mass is 16.5. The minimum absolute atomic E-state index is 0.252. The Bertz CT molecular complexity index is 514. The maximum absolute atomic E-state index is 10.2. The molecule has 0 fully saturated rings. The monoisotopic (exact) mass is 260 g/mol. The predicted octanol–water partition coefficient (Wildman–Crippen LogP) is 2.72. The summed E-state index contributed by atoms with van der Waals surface area (Å²) in [4.78, 5) is 0. The molecule has 1 N–H and O–H groups in total. The van der Waals surface area contributed by atoms with Gasteiger partial charge in [0.2, 0.25) is 0 Å². The molecule has 2 rings (SSSR count). The maximum atomic E-state index is 10.2. The summed E-state index contributed by atoms with van der Waals surface area (Å²) < 4.78 is 7.35. The number of benzene rings is 1. The molecule has 1 aromatic carbocycles. The molecule has 2 aromatic rings. The molecule has 19 heavy (non-hydrogen) atoms. The Morgan fingerprint density at radius 3 is 2.53 bits per heavy atom. The average molecular weight is 260 g/mol. The van der Waals surface area contributed by atoms with Gasteiger partial charge >= 0.3 is 0 Å². The van der Waals surface area contributed by atoms with Crippen molar-refractivity contribution in [2.24, 2.45) is 0 Å². The molecular formula is C15H20N2O2. The number of aliphatic hydroxyl groups is 1. The van der Waals surface area contributed by atoms with Crippen LogP contribution in [0.3, 0.4) is 0 Å². The number of para-hydroxylation sites is 1. The van der Waals surface area contributed by atoms with E-state index in [-0.39, 0.29) is 12.2 Å². The Morgan fingerprint density at radius 2 is 1.89 bits per heavy atom. The van der Waals surface area contributed by atoms with Crippen LogP contribution in [-0.4, -0.2) is 27.1 Å². The maximum Gasteiger partial charge on any atom is 0.119 e. The second kappa shape index (κ2) is 5.55. The van der Waals surface area contributed by atoms with Crippen molar-refractivity contribution in [3.05, 3.63) is 48.3 Å². The van der Waals surface area contributed by atoms with Crippen molar-refractivity contribution in [3.63, 3.8) is 0 Å². The van der Waals surface area contributed by atoms with Gasteiger partial charge < -0.3 is 9.84 Å². The normalized spacial score (nSPS) is 13.5. The molecule has 0 bridgehead atoms. The summed E-state index contributed by atoms with van der Waals surface area (Å²) in [5, 5.41) is 14.5. The quantitative estimate of drug-likeness (QED) is 0.919. The van der Waals surface area contributed by atoms with Crippen molar-refractivity contribution in [2.45, 2.75) is 32.5 Å². The zero-order valence-electron chi connectivity index (χ0n) is 11.6. The fraction of sp³-hybridized carbons (Fsp3) is 0.400. The van der Waals surface area contributed by atoms with Crippen LogP contribution < -0.4 is 0 Å². The van der Waals surface area contributed by atoms with Gasteiger partial charge in [0.15, 0.2) is 0 Å². The molecule has 0 aliphatic rings. The van der Waals surface area contributed by atoms with E-state index in [0.717, 1.165) is 11.4 Å². The van der Waals surface area contributed by atoms with Gasteiger partial charge in [0, 0.05) is 6.20 Å². The highest BCUT2D eigenvalue weighted by Crippen LogP contribution is 2.19. The van der Waals surface area contributed by atoms with Crippen molar-refractivity contribution >= 4 is 0 Å². The molecular weight excluding hydrogens is 240 g/mol. The fourth-order valence-electron chi connectivity index (χ4n) is 1.77. The Balaban J connectivity index is 2.16. The standard InChI is InChI=1S/C15H20N2O2/c1-15(2,3)19-11-14(18)13-9-10-16-17(13)12-7-5-4-6-8-12/h4-10,14,18H,11H2,1-3H3. The van der Waals surface area contributed by atoms with Gasteiger partial charge in [-0.1, -0.05) is 18.2 Å². The third kappa shape index (κ3) is 3.66. The summed E-state index contributed by atoms with van der Waals surface area (Å²) in [7, 11) is 0. The van der Waals surface area contributed by atoms with E-state index in [9.17, 15) is 5.11 Å². The van der Waals surface area contributed by atoms with E-state index in [4.69, 9.17) is 4.74 Å². The summed E-state index contributed by atoms with van der Waals surface area (Å²) in [6, 6.07) is 11.6. The SMILES string of the molecule is CC(C)(C)OCC(O)c1ccnn1-c1ccccc1. The van der Waals surface area contributed by atoms with Crippen molar-refractivity contribution in [1.29, 1.82) is 0 Å². The molecule has 102 valence electrons. The highest BCUT2D eigenvalue weighted by Gasteiger charge is 2.18. The number of aliphatic hydroxyl groups excluding tert-OH is 1. The highest BCUT2D eigenvalue weighted by molar-refractivity contribution is 5.32. The first-order chi connectivity index (χ1) is 8.97. The topological polar surface area (TPSA) is 47.3 Å². The number of aromatic nitrogens is 2. The summed E-state index contributed by atoms with van der Waals surface area (Å²) in [6.45, 7) is 6.15. The fourth-order valence-corrected chi connectivity index (χ4v) is 1.77. The van der Waals surface area contributed by atoms with Gasteiger partial charge in [-0.05, 0) is 39.0 Å². The second-order valence-electron chi connectivity index (χ2n) is 5.44. The van der Waals surface area contributed by atoms with Gasteiger partial charge in [-0.25, -0.2) is 4.68 Å². The number of ether oxygens (including phenoxy) is 1. The van der Waals surface area contributed by atoms with Crippen LogP contribution in [-0.2, 0) is 4.74 Å². The first kappa shape index (κ1) is 13.8. The van der Waals surface area contributed by atoms with Crippen LogP contribution in [0.4, 0.5) is 0 Å². The summed E-state index contributed by atoms with van der Waals surface area (Å²) in [5.74, 6) is 0. The molecule has 4 heteroatoms. The Kier molecular flexibility index (Phi) is 4.02. The van der Waals surface area contributed by atoms with E-state index in [0.29, 0.717) is 0 Å². The molecule has 1 atom stereocenters. The third-order valence-corrected chi connectivity index (χ3v) is 2.69. The zero-order chi connectivity index (χ0) is 13.9. The van der Waals surface area contributed by atoms with Gasteiger partial charge in [-0.15, -0.1) is 0 Å². The first-order valence-corrected chi connectivity index (χ1v) is 6.39. The minimum atomic E-state index is -0.693. The molecule has 0 aliphatic heterocycles. The van der Waals surface area contributed by atoms with E-state index in [2.05, 4.69) is 5.10 Å². The van der Waals surface area contributed by atoms with E-state index in [1.165, 1.54) is 0 Å². The summed E-state index contributed by atoms with van der Waals surface area (Å²) in [5.41, 5.74) is 1.39. The molecule has 4 nitrogen and oxygen atoms in total. The van der Waals surface area contributed by atoms with Crippen molar-refractivity contribution in [2.75, 3.05) is 6.61 Å². The summed E-state index contributed by atoms with van der Waals surface area (Å²) in [6.07, 6.45) is 0.991. The molecule has 0 saturated heterocycles. The average Bonchev–Trinajstić information content (AvgIpc) is 2.85. The van der Waals surface area contributed by atoms with Gasteiger partial charge in [0.05, 0.1) is 23.6 Å². The van der Waals surface area contributed by atoms with Gasteiger partial charge in [0.25, 0.3) is 0 Å². The minimum Gasteiger partial charge on any atom is -0.384 e. The largest absolute Gasteiger partial charge is 0.384 e. The number of hydrogen-bond acceptors (Lipinski definition) is 3. The van der Waals surface area contributed by atoms with Crippen LogP contribution in [0.5, 0.6) is 0 Å². The third-order valence-electron chi connectivity index (χ3n) is 2.69. The zero-order valence-corrected chi connectivity index (χ0v) is 11.6. The Hall–Kier alpha value is -1.65. The van der Waals surface area contributed by atoms with E-state index in [1.807, 2.05) is 57.2 Å². The predicted molar refractivity (Wildman–Crippen MR) is 74.2 cm³/mol. The molecule has 0 amide bonds. The summed E-state index contributed by atoms with van der Waals surface area (Å²) >= 11 is 0. The smallest absolute Gasteiger partial charge is 0.119 e. The number of hydrogen-bond donors (Lipinski definition) is 1. The van der Waals surface area contributed by atoms with Crippen molar-refractivity contribution < 1.29 is 9.84 Å². The van der Waals surface area contributed by atoms with E-state index in [1.54, 1.807) is 10.9 Å². The van der Waals surface area contributed by atoms with Crippen LogP contribution in [0, 0.1) is 0 Å². The Morgan fingerprint density at radius 1 is 1.21 bits per heavy atom. The lowest BCUT2D eigenvalue weighted by molar-refractivity contribution is -0.0512. The van der Waals surface area contributed by atoms with Crippen LogP contribution in [0.25, 0.3) is 5.69 Å². The second-order valence-corrected chi connectivity index (χ2v) is 5.44. The van der Waals surface area contributed by atoms with Crippen LogP contribution >= 0.6 is 0 Å². The van der Waals surface area contributed by atoms with Gasteiger partial charge in [-0.2, -0.15) is 5.10 Å². The Labute approximate surface area is 113 Å². The number of rotatable bonds is 4. The van der Waals surface area contributed by atoms with Gasteiger partial charge in [0.1, 0.15) is 6.10 Å². The molecule has 0 spiro atoms. The van der Waals surface area contributed by atoms with Crippen LogP contribution in [0.1, 0.15) is 32.6 Å². The lowest BCUT2D eigenvalue weighted by Crippen LogP contribution is -2.23. The van der Waals surface area contributed by atoms with E-state index >= 15 is 0 Å². The molecule has 1 aromatic heterocycles. The lowest BCUT2D eigenvalue weighted by atomic mass is 10.2. The van der Waals surface area contributed by atoms with Crippen molar-refractivity contribution in [1.82, 2.24) is 9.78 Å². The molecule has 0 aliphatic carbocycles. The van der Waals surface area contributed by atoms with Gasteiger partial charge in [-0.3, -0.25) is 0 Å². The molecule has 0 saturated carbocycles. The molecule has 1 heterocycles. The number of nitrogens with zero attached hydrogens (tertiary/aromatic N) is 2. The lowest BCUT2D eigenvalue weighted by Gasteiger charge is -2.22. The van der Waals surface area contributed by atoms with Crippen LogP contribution in [0.2, 0.25) is 0 Å². The molecule has 0 radical (unpaired) electrons.